The standard InChI is InChI=1S/C19H25B8NO7S/c1-33-17(30)6-2-4-7(5-3-6)18(25)15(29)14(16(28)34-18)35-36(31,32)19(26,27)8-9(20)11(22)13(24)12(23)10(8)21/h2-5H,20-28H2,1H3/t18-/m0/s1. The van der Waals surface area contributed by atoms with Crippen molar-refractivity contribution in [2.75, 3.05) is 7.11 Å². The van der Waals surface area contributed by atoms with Gasteiger partial charge >= 0.3 is 16.1 Å². The lowest BCUT2D eigenvalue weighted by Gasteiger charge is -2.32. The molecule has 0 amide bonds. The van der Waals surface area contributed by atoms with Gasteiger partial charge in [-0.25, -0.2) is 4.79 Å². The summed E-state index contributed by atoms with van der Waals surface area (Å²) in [5, 5.41) is 0. The number of ether oxygens (including phenoxy) is 2. The molecular weight excluding hydrogens is 473 g/mol. The quantitative estimate of drug-likeness (QED) is 0.237. The predicted molar refractivity (Wildman–Crippen MR) is 161 cm³/mol. The summed E-state index contributed by atoms with van der Waals surface area (Å²) in [5.41, 5.74) is 10.4. The fraction of sp³-hybridized carbons (Fsp3) is 0.158. The zero-order valence-corrected chi connectivity index (χ0v) is 23.0. The van der Waals surface area contributed by atoms with Crippen LogP contribution in [-0.4, -0.2) is 90.1 Å². The highest BCUT2D eigenvalue weighted by molar-refractivity contribution is 7.90. The molecule has 36 heavy (non-hydrogen) atoms. The van der Waals surface area contributed by atoms with Crippen LogP contribution in [-0.2, 0) is 38.6 Å². The zero-order valence-electron chi connectivity index (χ0n) is 22.2. The fourth-order valence-corrected chi connectivity index (χ4v) is 5.84. The Morgan fingerprint density at radius 1 is 0.972 bits per heavy atom. The number of benzene rings is 2. The summed E-state index contributed by atoms with van der Waals surface area (Å²) in [4.78, 5) is 25.1. The molecule has 17 heteroatoms. The van der Waals surface area contributed by atoms with Gasteiger partial charge in [-0.1, -0.05) is 28.6 Å². The first-order chi connectivity index (χ1) is 16.5. The number of esters is 1. The van der Waals surface area contributed by atoms with Gasteiger partial charge in [0.2, 0.25) is 17.4 Å². The molecule has 0 radical (unpaired) electrons. The number of hydrogen-bond acceptors (Lipinski definition) is 8. The predicted octanol–water partition coefficient (Wildman–Crippen LogP) is -10.3. The Balaban J connectivity index is 2.00. The summed E-state index contributed by atoms with van der Waals surface area (Å²) in [6.45, 7) is 0. The number of Topliss-reactive ketones (excluding diaryl/α,β-unsaturated/α-hetero) is 1. The Kier molecular flexibility index (Phi) is 7.13. The van der Waals surface area contributed by atoms with Crippen LogP contribution in [0.25, 0.3) is 0 Å². The van der Waals surface area contributed by atoms with Crippen molar-refractivity contribution in [3.63, 3.8) is 0 Å². The first-order valence-electron chi connectivity index (χ1n) is 11.4. The molecule has 8 nitrogen and oxygen atoms in total. The van der Waals surface area contributed by atoms with Crippen LogP contribution in [0.15, 0.2) is 35.9 Å². The van der Waals surface area contributed by atoms with Gasteiger partial charge in [-0.15, -0.1) is 16.4 Å². The maximum absolute atomic E-state index is 13.6. The Hall–Kier alpha value is -2.81. The highest BCUT2D eigenvalue weighted by atomic mass is 32.2. The minimum absolute atomic E-state index is 0.284. The highest BCUT2D eigenvalue weighted by Crippen LogP contribution is 2.37. The molecule has 0 aliphatic carbocycles. The van der Waals surface area contributed by atoms with Crippen LogP contribution >= 0.6 is 0 Å². The minimum atomic E-state index is -4.41. The Bertz CT molecular complexity index is 1400. The number of methoxy groups -OCH3 is 1. The van der Waals surface area contributed by atoms with Crippen molar-refractivity contribution in [2.24, 2.45) is 5.73 Å². The van der Waals surface area contributed by atoms with Gasteiger partial charge in [0.15, 0.2) is 13.3 Å². The molecule has 3 rings (SSSR count). The second kappa shape index (κ2) is 9.25. The highest BCUT2D eigenvalue weighted by Gasteiger charge is 2.51. The van der Waals surface area contributed by atoms with Crippen LogP contribution < -0.4 is 33.0 Å². The Labute approximate surface area is 218 Å². The minimum Gasteiger partial charge on any atom is -0.467 e. The number of ketones is 1. The van der Waals surface area contributed by atoms with E-state index in [1.54, 1.807) is 15.7 Å². The summed E-state index contributed by atoms with van der Waals surface area (Å²) in [7, 11) is 11.1. The van der Waals surface area contributed by atoms with E-state index in [-0.39, 0.29) is 5.56 Å². The smallest absolute Gasteiger partial charge is 0.337 e. The number of rotatable bonds is 6. The van der Waals surface area contributed by atoms with Gasteiger partial charge in [0.25, 0.3) is 0 Å². The maximum atomic E-state index is 13.6. The van der Waals surface area contributed by atoms with E-state index in [0.29, 0.717) is 11.1 Å². The van der Waals surface area contributed by atoms with Crippen LogP contribution in [0.2, 0.25) is 0 Å². The zero-order chi connectivity index (χ0) is 27.4. The third kappa shape index (κ3) is 4.21. The van der Waals surface area contributed by atoms with E-state index in [1.807, 2.05) is 39.2 Å². The SMILES string of the molecule is Bc1c(B)c(B)c(C(B)(B)S(=O)(=O)OC2=C(N)O[C@@](B)(c3ccc(C(=O)OC)cc3)C2=O)c(B)c1B. The number of nitrogens with two attached hydrogens (primary N) is 1. The summed E-state index contributed by atoms with van der Waals surface area (Å²) in [6, 6.07) is 5.99. The lowest BCUT2D eigenvalue weighted by atomic mass is 9.53. The van der Waals surface area contributed by atoms with Crippen molar-refractivity contribution in [2.45, 2.75) is 10.0 Å². The second-order valence-corrected chi connectivity index (χ2v) is 11.9. The molecule has 0 aromatic heterocycles. The Morgan fingerprint density at radius 2 is 1.44 bits per heavy atom. The van der Waals surface area contributed by atoms with E-state index in [2.05, 4.69) is 0 Å². The molecular formula is C19H25B8NO7S. The molecule has 1 aliphatic rings. The third-order valence-corrected chi connectivity index (χ3v) is 9.29. The van der Waals surface area contributed by atoms with Crippen molar-refractivity contribution in [3.8, 4) is 0 Å². The molecule has 0 saturated heterocycles. The maximum Gasteiger partial charge on any atom is 0.337 e. The third-order valence-electron chi connectivity index (χ3n) is 7.45. The van der Waals surface area contributed by atoms with E-state index in [0.717, 1.165) is 27.3 Å². The lowest BCUT2D eigenvalue weighted by Crippen LogP contribution is -2.60. The van der Waals surface area contributed by atoms with Gasteiger partial charge in [-0.2, -0.15) is 8.42 Å². The van der Waals surface area contributed by atoms with Crippen molar-refractivity contribution >= 4 is 112 Å². The van der Waals surface area contributed by atoms with E-state index >= 15 is 0 Å². The van der Waals surface area contributed by atoms with E-state index in [9.17, 15) is 18.0 Å². The molecule has 2 N–H and O–H groups in total. The van der Waals surface area contributed by atoms with Crippen LogP contribution in [0.4, 0.5) is 0 Å². The molecule has 0 unspecified atom stereocenters. The van der Waals surface area contributed by atoms with Crippen molar-refractivity contribution < 1.29 is 31.7 Å². The van der Waals surface area contributed by atoms with Gasteiger partial charge in [-0.3, -0.25) is 4.79 Å². The average molecular weight is 498 g/mol. The van der Waals surface area contributed by atoms with Crippen molar-refractivity contribution in [1.82, 2.24) is 0 Å². The summed E-state index contributed by atoms with van der Waals surface area (Å²) < 4.78 is 41.6. The van der Waals surface area contributed by atoms with E-state index in [1.165, 1.54) is 39.2 Å². The molecule has 0 fully saturated rings. The number of carbonyl (C=O) groups is 2. The number of hydrogen-bond donors (Lipinski definition) is 1. The van der Waals surface area contributed by atoms with Gasteiger partial charge in [0, 0.05) is 0 Å². The topological polar surface area (TPSA) is 122 Å². The average Bonchev–Trinajstić information content (AvgIpc) is 3.04. The Morgan fingerprint density at radius 3 is 1.92 bits per heavy atom. The second-order valence-electron chi connectivity index (χ2n) is 9.77. The van der Waals surface area contributed by atoms with Gasteiger partial charge in [-0.05, 0) is 17.7 Å². The van der Waals surface area contributed by atoms with Crippen LogP contribution in [0, 0.1) is 0 Å². The van der Waals surface area contributed by atoms with Crippen molar-refractivity contribution in [1.29, 1.82) is 0 Å². The molecule has 0 spiro atoms. The summed E-state index contributed by atoms with van der Waals surface area (Å²) in [5.74, 6) is -2.27. The molecule has 178 valence electrons. The number of carbonyl (C=O) groups excluding carboxylic acids is 2. The molecule has 0 bridgehead atoms. The first-order valence-corrected chi connectivity index (χ1v) is 12.9. The van der Waals surface area contributed by atoms with Crippen LogP contribution in [0.1, 0.15) is 21.5 Å². The van der Waals surface area contributed by atoms with Gasteiger partial charge in [0.1, 0.15) is 54.9 Å². The molecule has 1 aliphatic heterocycles. The van der Waals surface area contributed by atoms with E-state index < -0.39 is 43.6 Å². The normalized spacial score (nSPS) is 18.1. The molecule has 0 saturated carbocycles. The lowest BCUT2D eigenvalue weighted by molar-refractivity contribution is -0.126. The summed E-state index contributed by atoms with van der Waals surface area (Å²) >= 11 is 0. The monoisotopic (exact) mass is 499 g/mol. The van der Waals surface area contributed by atoms with Gasteiger partial charge in [0.05, 0.1) is 17.2 Å². The molecule has 1 atom stereocenters. The van der Waals surface area contributed by atoms with Crippen LogP contribution in [0.3, 0.4) is 0 Å². The summed E-state index contributed by atoms with van der Waals surface area (Å²) in [6.07, 6.45) is 0. The van der Waals surface area contributed by atoms with Crippen LogP contribution in [0.5, 0.6) is 0 Å². The van der Waals surface area contributed by atoms with Gasteiger partial charge < -0.3 is 19.4 Å². The largest absolute Gasteiger partial charge is 0.467 e. The van der Waals surface area contributed by atoms with Crippen molar-refractivity contribution in [3.05, 3.63) is 52.6 Å². The fourth-order valence-electron chi connectivity index (χ4n) is 4.69. The first kappa shape index (κ1) is 27.8. The molecule has 2 aromatic carbocycles. The molecule has 2 aromatic rings. The molecule has 1 heterocycles. The van der Waals surface area contributed by atoms with E-state index in [4.69, 9.17) is 19.4 Å².